The zero-order valence-electron chi connectivity index (χ0n) is 16.7. The largest absolute Gasteiger partial charge is 0.481 e. The van der Waals surface area contributed by atoms with E-state index in [9.17, 15) is 28.8 Å². The summed E-state index contributed by atoms with van der Waals surface area (Å²) in [5, 5.41) is 22.2. The molecule has 4 unspecified atom stereocenters. The summed E-state index contributed by atoms with van der Waals surface area (Å²) in [6.07, 6.45) is -0.263. The Labute approximate surface area is 183 Å². The highest BCUT2D eigenvalue weighted by molar-refractivity contribution is 7.80. The molecular weight excluding hydrogens is 434 g/mol. The van der Waals surface area contributed by atoms with Gasteiger partial charge in [0, 0.05) is 18.7 Å². The van der Waals surface area contributed by atoms with E-state index in [2.05, 4.69) is 23.3 Å². The number of likely N-dealkylation sites (tertiary alicyclic amines) is 1. The monoisotopic (exact) mass is 461 g/mol. The van der Waals surface area contributed by atoms with Crippen LogP contribution >= 0.6 is 12.6 Å². The standard InChI is InChI=1S/C17H27N5O8S/c18-8(3-4-13(24)25)16(28)22-5-1-2-11(22)15(27)20-9(6-12(19)23)14(26)21-10(7-31)17(29)30/h8-11,31H,1-7,18H2,(H2,19,23)(H,20,27)(H,21,26)(H,24,25)(H,29,30). The van der Waals surface area contributed by atoms with Crippen LogP contribution in [0, 0.1) is 0 Å². The van der Waals surface area contributed by atoms with Gasteiger partial charge in [-0.25, -0.2) is 4.79 Å². The van der Waals surface area contributed by atoms with Crippen LogP contribution in [0.25, 0.3) is 0 Å². The molecule has 0 aromatic rings. The number of nitrogens with one attached hydrogen (secondary N) is 2. The molecule has 0 bridgehead atoms. The molecule has 0 aromatic heterocycles. The smallest absolute Gasteiger partial charge is 0.327 e. The first-order chi connectivity index (χ1) is 14.5. The number of aliphatic carboxylic acids is 2. The van der Waals surface area contributed by atoms with Gasteiger partial charge < -0.3 is 37.2 Å². The summed E-state index contributed by atoms with van der Waals surface area (Å²) in [5.41, 5.74) is 10.9. The maximum absolute atomic E-state index is 12.7. The minimum atomic E-state index is -1.45. The van der Waals surface area contributed by atoms with Crippen molar-refractivity contribution in [2.24, 2.45) is 11.5 Å². The lowest BCUT2D eigenvalue weighted by Crippen LogP contribution is -2.57. The molecule has 1 fully saturated rings. The van der Waals surface area contributed by atoms with E-state index in [0.29, 0.717) is 6.42 Å². The predicted octanol–water partition coefficient (Wildman–Crippen LogP) is -2.97. The molecule has 1 heterocycles. The van der Waals surface area contributed by atoms with Crippen LogP contribution in [0.1, 0.15) is 32.1 Å². The lowest BCUT2D eigenvalue weighted by Gasteiger charge is -2.28. The average Bonchev–Trinajstić information content (AvgIpc) is 3.18. The highest BCUT2D eigenvalue weighted by atomic mass is 32.1. The number of hydrogen-bond acceptors (Lipinski definition) is 8. The highest BCUT2D eigenvalue weighted by Gasteiger charge is 2.38. The van der Waals surface area contributed by atoms with Gasteiger partial charge in [0.1, 0.15) is 18.1 Å². The summed E-state index contributed by atoms with van der Waals surface area (Å²) in [6, 6.07) is -4.89. The van der Waals surface area contributed by atoms with Crippen LogP contribution < -0.4 is 22.1 Å². The minimum absolute atomic E-state index is 0.105. The van der Waals surface area contributed by atoms with Crippen LogP contribution in [0.2, 0.25) is 0 Å². The van der Waals surface area contributed by atoms with Crippen molar-refractivity contribution in [3.05, 3.63) is 0 Å². The summed E-state index contributed by atoms with van der Waals surface area (Å²) in [7, 11) is 0. The molecule has 13 nitrogen and oxygen atoms in total. The van der Waals surface area contributed by atoms with Gasteiger partial charge in [0.2, 0.25) is 23.6 Å². The molecule has 1 aliphatic heterocycles. The van der Waals surface area contributed by atoms with Crippen molar-refractivity contribution in [2.45, 2.75) is 56.3 Å². The molecule has 0 saturated carbocycles. The third kappa shape index (κ3) is 8.05. The van der Waals surface area contributed by atoms with Crippen LogP contribution in [0.5, 0.6) is 0 Å². The predicted molar refractivity (Wildman–Crippen MR) is 109 cm³/mol. The Hall–Kier alpha value is -2.87. The van der Waals surface area contributed by atoms with Gasteiger partial charge in [-0.1, -0.05) is 0 Å². The van der Waals surface area contributed by atoms with Gasteiger partial charge in [-0.05, 0) is 19.3 Å². The Balaban J connectivity index is 2.87. The van der Waals surface area contributed by atoms with Crippen molar-refractivity contribution in [1.82, 2.24) is 15.5 Å². The number of nitrogens with two attached hydrogens (primary N) is 2. The number of carboxylic acid groups (broad SMARTS) is 2. The van der Waals surface area contributed by atoms with E-state index in [-0.39, 0.29) is 31.6 Å². The van der Waals surface area contributed by atoms with E-state index in [0.717, 1.165) is 0 Å². The fourth-order valence-corrected chi connectivity index (χ4v) is 3.30. The van der Waals surface area contributed by atoms with Crippen molar-refractivity contribution in [3.8, 4) is 0 Å². The minimum Gasteiger partial charge on any atom is -0.481 e. The number of carboxylic acids is 2. The van der Waals surface area contributed by atoms with Crippen LogP contribution in [0.3, 0.4) is 0 Å². The number of carbonyl (C=O) groups excluding carboxylic acids is 4. The molecule has 0 aliphatic carbocycles. The Bertz CT molecular complexity index is 733. The van der Waals surface area contributed by atoms with E-state index >= 15 is 0 Å². The highest BCUT2D eigenvalue weighted by Crippen LogP contribution is 2.19. The summed E-state index contributed by atoms with van der Waals surface area (Å²) in [4.78, 5) is 71.9. The molecule has 14 heteroatoms. The number of thiol groups is 1. The maximum atomic E-state index is 12.7. The molecule has 4 atom stereocenters. The second kappa shape index (κ2) is 12.1. The van der Waals surface area contributed by atoms with Gasteiger partial charge in [-0.3, -0.25) is 24.0 Å². The Morgan fingerprint density at radius 1 is 1.10 bits per heavy atom. The fourth-order valence-electron chi connectivity index (χ4n) is 3.05. The van der Waals surface area contributed by atoms with Crippen molar-refractivity contribution < 1.29 is 39.0 Å². The molecule has 0 radical (unpaired) electrons. The summed E-state index contributed by atoms with van der Waals surface area (Å²) < 4.78 is 0. The molecule has 1 saturated heterocycles. The molecule has 8 N–H and O–H groups in total. The van der Waals surface area contributed by atoms with Gasteiger partial charge in [0.25, 0.3) is 0 Å². The number of carbonyl (C=O) groups is 6. The topological polar surface area (TPSA) is 222 Å². The van der Waals surface area contributed by atoms with Crippen molar-refractivity contribution >= 4 is 48.2 Å². The Morgan fingerprint density at radius 2 is 1.74 bits per heavy atom. The fraction of sp³-hybridized carbons (Fsp3) is 0.647. The quantitative estimate of drug-likeness (QED) is 0.147. The van der Waals surface area contributed by atoms with E-state index in [1.54, 1.807) is 0 Å². The maximum Gasteiger partial charge on any atom is 0.327 e. The lowest BCUT2D eigenvalue weighted by molar-refractivity contribution is -0.143. The van der Waals surface area contributed by atoms with Gasteiger partial charge in [-0.15, -0.1) is 0 Å². The molecule has 0 aromatic carbocycles. The van der Waals surface area contributed by atoms with Gasteiger partial charge in [-0.2, -0.15) is 12.6 Å². The number of rotatable bonds is 12. The van der Waals surface area contributed by atoms with E-state index < -0.39 is 66.2 Å². The van der Waals surface area contributed by atoms with E-state index in [1.807, 2.05) is 0 Å². The van der Waals surface area contributed by atoms with Crippen molar-refractivity contribution in [1.29, 1.82) is 0 Å². The zero-order chi connectivity index (χ0) is 23.7. The Morgan fingerprint density at radius 3 is 2.26 bits per heavy atom. The first kappa shape index (κ1) is 26.2. The SMILES string of the molecule is NC(=O)CC(NC(=O)C1CCCN1C(=O)C(N)CCC(=O)O)C(=O)NC(CS)C(=O)O. The number of primary amides is 1. The van der Waals surface area contributed by atoms with Crippen molar-refractivity contribution in [2.75, 3.05) is 12.3 Å². The molecule has 1 aliphatic rings. The zero-order valence-corrected chi connectivity index (χ0v) is 17.5. The first-order valence-electron chi connectivity index (χ1n) is 9.48. The van der Waals surface area contributed by atoms with Crippen LogP contribution in [-0.2, 0) is 28.8 Å². The first-order valence-corrected chi connectivity index (χ1v) is 10.1. The number of nitrogens with zero attached hydrogens (tertiary/aromatic N) is 1. The van der Waals surface area contributed by atoms with Crippen LogP contribution in [0.15, 0.2) is 0 Å². The summed E-state index contributed by atoms with van der Waals surface area (Å²) in [5.74, 6) is -5.88. The van der Waals surface area contributed by atoms with Crippen LogP contribution in [0.4, 0.5) is 0 Å². The Kier molecular flexibility index (Phi) is 10.2. The second-order valence-electron chi connectivity index (χ2n) is 7.04. The normalized spacial score (nSPS) is 18.5. The van der Waals surface area contributed by atoms with Gasteiger partial charge >= 0.3 is 11.9 Å². The van der Waals surface area contributed by atoms with Gasteiger partial charge in [0.05, 0.1) is 12.5 Å². The molecular formula is C17H27N5O8S. The van der Waals surface area contributed by atoms with Crippen LogP contribution in [-0.4, -0.2) is 87.1 Å². The molecule has 31 heavy (non-hydrogen) atoms. The van der Waals surface area contributed by atoms with Crippen molar-refractivity contribution in [3.63, 3.8) is 0 Å². The molecule has 174 valence electrons. The molecule has 4 amide bonds. The third-order valence-corrected chi connectivity index (χ3v) is 5.03. The molecule has 1 rings (SSSR count). The summed E-state index contributed by atoms with van der Waals surface area (Å²) in [6.45, 7) is 0.213. The average molecular weight is 461 g/mol. The van der Waals surface area contributed by atoms with E-state index in [4.69, 9.17) is 21.7 Å². The number of hydrogen-bond donors (Lipinski definition) is 7. The van der Waals surface area contributed by atoms with E-state index in [1.165, 1.54) is 4.90 Å². The second-order valence-corrected chi connectivity index (χ2v) is 7.41. The molecule has 0 spiro atoms. The lowest BCUT2D eigenvalue weighted by atomic mass is 10.1. The van der Waals surface area contributed by atoms with Gasteiger partial charge in [0.15, 0.2) is 0 Å². The number of amides is 4. The summed E-state index contributed by atoms with van der Waals surface area (Å²) >= 11 is 3.82. The third-order valence-electron chi connectivity index (χ3n) is 4.66.